The van der Waals surface area contributed by atoms with E-state index in [9.17, 15) is 4.79 Å². The molecule has 6 nitrogen and oxygen atoms in total. The molecule has 1 aromatic carbocycles. The van der Waals surface area contributed by atoms with Gasteiger partial charge in [-0.05, 0) is 43.5 Å². The Kier molecular flexibility index (Phi) is 5.43. The molecule has 0 saturated heterocycles. The van der Waals surface area contributed by atoms with Crippen LogP contribution in [-0.2, 0) is 17.8 Å². The van der Waals surface area contributed by atoms with Gasteiger partial charge in [-0.1, -0.05) is 36.9 Å². The van der Waals surface area contributed by atoms with Crippen molar-refractivity contribution in [1.29, 1.82) is 0 Å². The molecule has 0 N–H and O–H groups in total. The molecule has 4 rings (SSSR count). The number of benzene rings is 1. The van der Waals surface area contributed by atoms with Crippen LogP contribution in [0.1, 0.15) is 25.8 Å². The van der Waals surface area contributed by atoms with Gasteiger partial charge in [-0.3, -0.25) is 9.78 Å². The summed E-state index contributed by atoms with van der Waals surface area (Å²) >= 11 is 1.46. The highest BCUT2D eigenvalue weighted by Gasteiger charge is 2.30. The second-order valence-corrected chi connectivity index (χ2v) is 7.87. The van der Waals surface area contributed by atoms with E-state index in [1.54, 1.807) is 12.4 Å². The van der Waals surface area contributed by atoms with E-state index >= 15 is 0 Å². The number of para-hydroxylation sites is 1. The van der Waals surface area contributed by atoms with Crippen LogP contribution in [0.25, 0.3) is 11.4 Å². The zero-order valence-electron chi connectivity index (χ0n) is 16.1. The van der Waals surface area contributed by atoms with Gasteiger partial charge in [-0.2, -0.15) is 0 Å². The minimum Gasteiger partial charge on any atom is -0.308 e. The molecule has 3 aromatic rings. The second-order valence-electron chi connectivity index (χ2n) is 6.93. The first-order chi connectivity index (χ1) is 13.7. The molecule has 144 valence electrons. The fraction of sp³-hybridized carbons (Fsp3) is 0.333. The maximum absolute atomic E-state index is 13.0. The Labute approximate surface area is 169 Å². The van der Waals surface area contributed by atoms with Crippen LogP contribution in [0.15, 0.2) is 53.9 Å². The molecule has 0 bridgehead atoms. The van der Waals surface area contributed by atoms with Crippen LogP contribution in [0, 0.1) is 0 Å². The van der Waals surface area contributed by atoms with Crippen molar-refractivity contribution in [3.05, 3.63) is 54.4 Å². The van der Waals surface area contributed by atoms with Gasteiger partial charge in [0.1, 0.15) is 0 Å². The number of amides is 1. The topological polar surface area (TPSA) is 63.9 Å². The fourth-order valence-electron chi connectivity index (χ4n) is 3.68. The number of fused-ring (bicyclic) bond motifs is 1. The summed E-state index contributed by atoms with van der Waals surface area (Å²) in [6, 6.07) is 12.2. The highest BCUT2D eigenvalue weighted by molar-refractivity contribution is 7.99. The molecule has 0 fully saturated rings. The van der Waals surface area contributed by atoms with Gasteiger partial charge in [0.05, 0.1) is 5.75 Å². The van der Waals surface area contributed by atoms with Gasteiger partial charge in [0.15, 0.2) is 11.0 Å². The zero-order valence-corrected chi connectivity index (χ0v) is 16.9. The molecule has 0 spiro atoms. The van der Waals surface area contributed by atoms with E-state index in [0.717, 1.165) is 41.6 Å². The van der Waals surface area contributed by atoms with Crippen molar-refractivity contribution in [2.24, 2.45) is 0 Å². The summed E-state index contributed by atoms with van der Waals surface area (Å²) in [5, 5.41) is 9.51. The van der Waals surface area contributed by atoms with Crippen molar-refractivity contribution in [1.82, 2.24) is 19.7 Å². The fourth-order valence-corrected chi connectivity index (χ4v) is 4.50. The summed E-state index contributed by atoms with van der Waals surface area (Å²) in [5.41, 5.74) is 3.26. The number of hydrogen-bond donors (Lipinski definition) is 0. The number of pyridine rings is 1. The molecule has 0 radical (unpaired) electrons. The first kappa shape index (κ1) is 18.7. The maximum atomic E-state index is 13.0. The highest BCUT2D eigenvalue weighted by atomic mass is 32.2. The number of anilines is 1. The van der Waals surface area contributed by atoms with E-state index in [4.69, 9.17) is 0 Å². The van der Waals surface area contributed by atoms with Crippen LogP contribution in [0.2, 0.25) is 0 Å². The average molecular weight is 394 g/mol. The van der Waals surface area contributed by atoms with Crippen LogP contribution in [-0.4, -0.2) is 37.5 Å². The lowest BCUT2D eigenvalue weighted by molar-refractivity contribution is -0.116. The standard InChI is InChI=1S/C21H23N5OS/c1-3-12-25-20(16-8-10-22-11-9-16)23-24-21(25)28-14-19(27)26-15(2)13-17-6-4-5-7-18(17)26/h4-11,15H,3,12-14H2,1-2H3/t15-/m0/s1. The molecule has 28 heavy (non-hydrogen) atoms. The monoisotopic (exact) mass is 393 g/mol. The van der Waals surface area contributed by atoms with Gasteiger partial charge >= 0.3 is 0 Å². The first-order valence-corrected chi connectivity index (χ1v) is 10.5. The lowest BCUT2D eigenvalue weighted by atomic mass is 10.1. The number of carbonyl (C=O) groups is 1. The van der Waals surface area contributed by atoms with Gasteiger partial charge in [-0.15, -0.1) is 10.2 Å². The van der Waals surface area contributed by atoms with Crippen LogP contribution < -0.4 is 4.90 Å². The number of nitrogens with zero attached hydrogens (tertiary/aromatic N) is 5. The Morgan fingerprint density at radius 3 is 2.75 bits per heavy atom. The Morgan fingerprint density at radius 2 is 1.96 bits per heavy atom. The van der Waals surface area contributed by atoms with Gasteiger partial charge in [-0.25, -0.2) is 0 Å². The number of hydrogen-bond acceptors (Lipinski definition) is 5. The maximum Gasteiger partial charge on any atom is 0.237 e. The Bertz CT molecular complexity index is 972. The van der Waals surface area contributed by atoms with Crippen molar-refractivity contribution in [2.75, 3.05) is 10.7 Å². The summed E-state index contributed by atoms with van der Waals surface area (Å²) in [5.74, 6) is 1.27. The van der Waals surface area contributed by atoms with Crippen LogP contribution in [0.4, 0.5) is 5.69 Å². The van der Waals surface area contributed by atoms with Crippen LogP contribution in [0.5, 0.6) is 0 Å². The molecule has 0 unspecified atom stereocenters. The van der Waals surface area contributed by atoms with E-state index in [0.29, 0.717) is 5.75 Å². The lowest BCUT2D eigenvalue weighted by Crippen LogP contribution is -2.37. The normalized spacial score (nSPS) is 15.6. The predicted octanol–water partition coefficient (Wildman–Crippen LogP) is 3.82. The highest BCUT2D eigenvalue weighted by Crippen LogP contribution is 2.33. The molecular weight excluding hydrogens is 370 g/mol. The van der Waals surface area contributed by atoms with E-state index in [1.807, 2.05) is 35.2 Å². The van der Waals surface area contributed by atoms with Gasteiger partial charge in [0.2, 0.25) is 5.91 Å². The van der Waals surface area contributed by atoms with Crippen molar-refractivity contribution in [3.63, 3.8) is 0 Å². The van der Waals surface area contributed by atoms with Gasteiger partial charge in [0, 0.05) is 36.2 Å². The minimum atomic E-state index is 0.110. The largest absolute Gasteiger partial charge is 0.308 e. The van der Waals surface area contributed by atoms with E-state index in [-0.39, 0.29) is 11.9 Å². The van der Waals surface area contributed by atoms with E-state index in [1.165, 1.54) is 17.3 Å². The molecule has 2 aromatic heterocycles. The van der Waals surface area contributed by atoms with Gasteiger partial charge < -0.3 is 9.47 Å². The molecular formula is C21H23N5OS. The number of aromatic nitrogens is 4. The summed E-state index contributed by atoms with van der Waals surface area (Å²) in [6.45, 7) is 5.03. The SMILES string of the molecule is CCCn1c(SCC(=O)N2c3ccccc3C[C@@H]2C)nnc1-c1ccncc1. The molecule has 1 atom stereocenters. The van der Waals surface area contributed by atoms with Crippen molar-refractivity contribution in [3.8, 4) is 11.4 Å². The third kappa shape index (κ3) is 3.54. The third-order valence-electron chi connectivity index (χ3n) is 4.90. The molecule has 1 aliphatic heterocycles. The molecule has 1 amide bonds. The zero-order chi connectivity index (χ0) is 19.5. The Morgan fingerprint density at radius 1 is 1.18 bits per heavy atom. The third-order valence-corrected chi connectivity index (χ3v) is 5.85. The first-order valence-electron chi connectivity index (χ1n) is 9.55. The quantitative estimate of drug-likeness (QED) is 0.596. The number of thioether (sulfide) groups is 1. The van der Waals surface area contributed by atoms with Crippen LogP contribution >= 0.6 is 11.8 Å². The smallest absolute Gasteiger partial charge is 0.237 e. The summed E-state index contributed by atoms with van der Waals surface area (Å²) in [4.78, 5) is 19.0. The summed E-state index contributed by atoms with van der Waals surface area (Å²) < 4.78 is 2.09. The molecule has 1 aliphatic rings. The summed E-state index contributed by atoms with van der Waals surface area (Å²) in [6.07, 6.45) is 5.38. The van der Waals surface area contributed by atoms with Crippen molar-refractivity contribution >= 4 is 23.4 Å². The Hall–Kier alpha value is -2.67. The summed E-state index contributed by atoms with van der Waals surface area (Å²) in [7, 11) is 0. The average Bonchev–Trinajstić information content (AvgIpc) is 3.27. The minimum absolute atomic E-state index is 0.110. The number of rotatable bonds is 6. The molecule has 0 aliphatic carbocycles. The van der Waals surface area contributed by atoms with Crippen molar-refractivity contribution < 1.29 is 4.79 Å². The van der Waals surface area contributed by atoms with E-state index in [2.05, 4.69) is 39.7 Å². The predicted molar refractivity (Wildman–Crippen MR) is 111 cm³/mol. The molecule has 0 saturated carbocycles. The lowest BCUT2D eigenvalue weighted by Gasteiger charge is -2.22. The molecule has 7 heteroatoms. The Balaban J connectivity index is 1.52. The van der Waals surface area contributed by atoms with Crippen LogP contribution in [0.3, 0.4) is 0 Å². The number of carbonyl (C=O) groups excluding carboxylic acids is 1. The van der Waals surface area contributed by atoms with E-state index < -0.39 is 0 Å². The second kappa shape index (κ2) is 8.14. The van der Waals surface area contributed by atoms with Crippen molar-refractivity contribution in [2.45, 2.75) is 44.4 Å². The molecule has 3 heterocycles. The van der Waals surface area contributed by atoms with Gasteiger partial charge in [0.25, 0.3) is 0 Å².